The van der Waals surface area contributed by atoms with Crippen molar-refractivity contribution in [3.05, 3.63) is 113 Å². The molecule has 5 rings (SSSR count). The molecule has 0 amide bonds. The number of hydrogen-bond acceptors (Lipinski definition) is 2. The van der Waals surface area contributed by atoms with E-state index in [1.54, 1.807) is 0 Å². The van der Waals surface area contributed by atoms with Crippen LogP contribution in [-0.2, 0) is 12.8 Å². The van der Waals surface area contributed by atoms with Crippen molar-refractivity contribution in [1.82, 2.24) is 9.78 Å². The van der Waals surface area contributed by atoms with E-state index in [-0.39, 0.29) is 5.92 Å². The number of nitrogens with one attached hydrogen (secondary N) is 1. The van der Waals surface area contributed by atoms with Crippen LogP contribution in [0.3, 0.4) is 0 Å². The summed E-state index contributed by atoms with van der Waals surface area (Å²) < 4.78 is 2.09. The van der Waals surface area contributed by atoms with E-state index in [4.69, 9.17) is 5.10 Å². The maximum atomic E-state index is 5.16. The summed E-state index contributed by atoms with van der Waals surface area (Å²) in [6.45, 7) is 3.15. The zero-order chi connectivity index (χ0) is 19.6. The number of anilines is 1. The van der Waals surface area contributed by atoms with E-state index in [1.807, 2.05) is 0 Å². The number of rotatable bonds is 5. The molecule has 0 spiro atoms. The molecular formula is C26H25N3. The van der Waals surface area contributed by atoms with Crippen LogP contribution in [0.15, 0.2) is 84.9 Å². The minimum absolute atomic E-state index is 0.127. The van der Waals surface area contributed by atoms with Gasteiger partial charge in [0.05, 0.1) is 17.3 Å². The summed E-state index contributed by atoms with van der Waals surface area (Å²) in [4.78, 5) is 0. The van der Waals surface area contributed by atoms with Gasteiger partial charge in [-0.2, -0.15) is 5.10 Å². The maximum Gasteiger partial charge on any atom is 0.133 e. The minimum atomic E-state index is 0.127. The first-order valence-electron chi connectivity index (χ1n) is 10.4. The van der Waals surface area contributed by atoms with E-state index in [9.17, 15) is 0 Å². The Bertz CT molecular complexity index is 1060. The molecule has 1 aromatic heterocycles. The van der Waals surface area contributed by atoms with Crippen LogP contribution in [0.2, 0.25) is 0 Å². The van der Waals surface area contributed by atoms with Crippen molar-refractivity contribution in [2.45, 2.75) is 25.7 Å². The second-order valence-electron chi connectivity index (χ2n) is 7.58. The lowest BCUT2D eigenvalue weighted by Crippen LogP contribution is -2.09. The first kappa shape index (κ1) is 17.7. The Kier molecular flexibility index (Phi) is 4.65. The van der Waals surface area contributed by atoms with E-state index < -0.39 is 0 Å². The quantitative estimate of drug-likeness (QED) is 0.490. The fourth-order valence-corrected chi connectivity index (χ4v) is 4.29. The summed E-state index contributed by atoms with van der Waals surface area (Å²) in [5.74, 6) is 1.27. The van der Waals surface area contributed by atoms with Gasteiger partial charge in [0.25, 0.3) is 0 Å². The van der Waals surface area contributed by atoms with Gasteiger partial charge in [0, 0.05) is 12.1 Å². The number of nitrogens with zero attached hydrogens (tertiary/aromatic N) is 2. The van der Waals surface area contributed by atoms with Crippen LogP contribution in [0.1, 0.15) is 40.8 Å². The van der Waals surface area contributed by atoms with Crippen LogP contribution in [0, 0.1) is 0 Å². The van der Waals surface area contributed by atoms with Gasteiger partial charge in [-0.15, -0.1) is 0 Å². The molecule has 3 nitrogen and oxygen atoms in total. The van der Waals surface area contributed by atoms with Crippen LogP contribution >= 0.6 is 0 Å². The fourth-order valence-electron chi connectivity index (χ4n) is 4.29. The summed E-state index contributed by atoms with van der Waals surface area (Å²) in [5, 5.41) is 8.74. The molecule has 3 heteroatoms. The molecule has 0 bridgehead atoms. The molecule has 0 saturated carbocycles. The lowest BCUT2D eigenvalue weighted by Gasteiger charge is -2.17. The van der Waals surface area contributed by atoms with Gasteiger partial charge in [0.1, 0.15) is 5.82 Å². The van der Waals surface area contributed by atoms with Gasteiger partial charge in [-0.25, -0.2) is 4.68 Å². The summed E-state index contributed by atoms with van der Waals surface area (Å²) >= 11 is 0. The lowest BCUT2D eigenvalue weighted by atomic mass is 9.86. The van der Waals surface area contributed by atoms with Crippen molar-refractivity contribution in [1.29, 1.82) is 0 Å². The Labute approximate surface area is 172 Å². The molecule has 29 heavy (non-hydrogen) atoms. The molecule has 0 unspecified atom stereocenters. The van der Waals surface area contributed by atoms with E-state index in [0.29, 0.717) is 0 Å². The smallest absolute Gasteiger partial charge is 0.133 e. The third kappa shape index (κ3) is 3.23. The molecular weight excluding hydrogens is 354 g/mol. The third-order valence-electron chi connectivity index (χ3n) is 5.81. The zero-order valence-electron chi connectivity index (χ0n) is 16.7. The average Bonchev–Trinajstić information content (AvgIpc) is 3.40. The second-order valence-corrected chi connectivity index (χ2v) is 7.58. The molecule has 3 aromatic carbocycles. The van der Waals surface area contributed by atoms with Gasteiger partial charge in [-0.05, 0) is 41.7 Å². The largest absolute Gasteiger partial charge is 0.369 e. The second kappa shape index (κ2) is 7.59. The van der Waals surface area contributed by atoms with Crippen LogP contribution in [-0.4, -0.2) is 16.3 Å². The van der Waals surface area contributed by atoms with Crippen molar-refractivity contribution in [3.8, 4) is 5.69 Å². The summed E-state index contributed by atoms with van der Waals surface area (Å²) in [6, 6.07) is 30.2. The Morgan fingerprint density at radius 1 is 0.862 bits per heavy atom. The molecule has 0 fully saturated rings. The SMILES string of the molecule is CCc1ccc(-n2nc(C(c3ccccc3)c3ccccc3)c3c2NCC3)cc1. The number of aromatic nitrogens is 2. The number of benzene rings is 3. The van der Waals surface area contributed by atoms with E-state index >= 15 is 0 Å². The Balaban J connectivity index is 1.67. The predicted octanol–water partition coefficient (Wildman–Crippen LogP) is 5.58. The molecule has 0 radical (unpaired) electrons. The Morgan fingerprint density at radius 2 is 1.48 bits per heavy atom. The topological polar surface area (TPSA) is 29.9 Å². The highest BCUT2D eigenvalue weighted by Crippen LogP contribution is 2.38. The molecule has 1 aliphatic rings. The lowest BCUT2D eigenvalue weighted by molar-refractivity contribution is 0.802. The van der Waals surface area contributed by atoms with Gasteiger partial charge in [-0.1, -0.05) is 79.7 Å². The van der Waals surface area contributed by atoms with E-state index in [1.165, 1.54) is 22.3 Å². The summed E-state index contributed by atoms with van der Waals surface area (Å²) in [6.07, 6.45) is 2.05. The molecule has 1 aliphatic heterocycles. The molecule has 144 valence electrons. The van der Waals surface area contributed by atoms with Gasteiger partial charge in [0.15, 0.2) is 0 Å². The van der Waals surface area contributed by atoms with Crippen molar-refractivity contribution >= 4 is 5.82 Å². The summed E-state index contributed by atoms with van der Waals surface area (Å²) in [7, 11) is 0. The molecule has 0 atom stereocenters. The first-order valence-corrected chi connectivity index (χ1v) is 10.4. The monoisotopic (exact) mass is 379 g/mol. The average molecular weight is 380 g/mol. The van der Waals surface area contributed by atoms with Crippen molar-refractivity contribution in [3.63, 3.8) is 0 Å². The van der Waals surface area contributed by atoms with Gasteiger partial charge < -0.3 is 5.32 Å². The van der Waals surface area contributed by atoms with E-state index in [2.05, 4.69) is 102 Å². The fraction of sp³-hybridized carbons (Fsp3) is 0.192. The van der Waals surface area contributed by atoms with Crippen LogP contribution < -0.4 is 5.32 Å². The molecule has 4 aromatic rings. The van der Waals surface area contributed by atoms with Crippen molar-refractivity contribution in [2.75, 3.05) is 11.9 Å². The number of hydrogen-bond donors (Lipinski definition) is 1. The highest BCUT2D eigenvalue weighted by Gasteiger charge is 2.29. The minimum Gasteiger partial charge on any atom is -0.369 e. The summed E-state index contributed by atoms with van der Waals surface area (Å²) in [5.41, 5.74) is 7.50. The number of fused-ring (bicyclic) bond motifs is 1. The van der Waals surface area contributed by atoms with Gasteiger partial charge in [0.2, 0.25) is 0 Å². The highest BCUT2D eigenvalue weighted by atomic mass is 15.3. The van der Waals surface area contributed by atoms with Crippen LogP contribution in [0.25, 0.3) is 5.69 Å². The van der Waals surface area contributed by atoms with Crippen molar-refractivity contribution in [2.24, 2.45) is 0 Å². The van der Waals surface area contributed by atoms with Crippen LogP contribution in [0.5, 0.6) is 0 Å². The predicted molar refractivity (Wildman–Crippen MR) is 119 cm³/mol. The maximum absolute atomic E-state index is 5.16. The van der Waals surface area contributed by atoms with Crippen LogP contribution in [0.4, 0.5) is 5.82 Å². The first-order chi connectivity index (χ1) is 14.3. The zero-order valence-corrected chi connectivity index (χ0v) is 16.7. The highest BCUT2D eigenvalue weighted by molar-refractivity contribution is 5.60. The molecule has 0 aliphatic carbocycles. The number of aryl methyl sites for hydroxylation is 1. The molecule has 2 heterocycles. The van der Waals surface area contributed by atoms with Gasteiger partial charge >= 0.3 is 0 Å². The van der Waals surface area contributed by atoms with Gasteiger partial charge in [-0.3, -0.25) is 0 Å². The third-order valence-corrected chi connectivity index (χ3v) is 5.81. The standard InChI is InChI=1S/C26H25N3/c1-2-19-13-15-22(16-14-19)29-26-23(17-18-27-26)25(28-29)24(20-9-5-3-6-10-20)21-11-7-4-8-12-21/h3-16,24,27H,2,17-18H2,1H3. The Hall–Kier alpha value is -3.33. The van der Waals surface area contributed by atoms with Crippen molar-refractivity contribution < 1.29 is 0 Å². The molecule has 1 N–H and O–H groups in total. The Morgan fingerprint density at radius 3 is 2.07 bits per heavy atom. The molecule has 0 saturated heterocycles. The van der Waals surface area contributed by atoms with E-state index in [0.717, 1.165) is 36.6 Å². The normalized spacial score (nSPS) is 12.8.